The second kappa shape index (κ2) is 8.58. The standard InChI is InChI=1S/C24H29N3O3/c1-3-7-17-10-11-19-22-21(23(29)25-13-12-16-8-5-4-6-9-16)18(15-28)20(26(22)2)14-27(19)24(17)30/h3-11,18,20-22,28H,12-15H2,1-2H3,(H,25,29)/b7-3-/t18-,20-,21+,22+/m1/s1. The van der Waals surface area contributed by atoms with Gasteiger partial charge in [0.05, 0.1) is 12.0 Å². The Hall–Kier alpha value is -2.70. The van der Waals surface area contributed by atoms with Crippen molar-refractivity contribution < 1.29 is 9.90 Å². The molecule has 1 amide bonds. The molecule has 2 N–H and O–H groups in total. The number of fused-ring (bicyclic) bond motifs is 4. The van der Waals surface area contributed by atoms with Gasteiger partial charge in [-0.1, -0.05) is 42.5 Å². The first-order chi connectivity index (χ1) is 14.6. The van der Waals surface area contributed by atoms with Crippen LogP contribution in [0.5, 0.6) is 0 Å². The number of nitrogens with zero attached hydrogens (tertiary/aromatic N) is 2. The maximum Gasteiger partial charge on any atom is 0.258 e. The first-order valence-electron chi connectivity index (χ1n) is 10.6. The summed E-state index contributed by atoms with van der Waals surface area (Å²) in [5.41, 5.74) is 2.64. The second-order valence-corrected chi connectivity index (χ2v) is 8.21. The van der Waals surface area contributed by atoms with E-state index in [9.17, 15) is 14.7 Å². The summed E-state index contributed by atoms with van der Waals surface area (Å²) in [6, 6.07) is 13.6. The van der Waals surface area contributed by atoms with Crippen molar-refractivity contribution in [2.45, 2.75) is 32.0 Å². The van der Waals surface area contributed by atoms with Crippen LogP contribution >= 0.6 is 0 Å². The SMILES string of the molecule is C/C=C\c1ccc2n(c1=O)C[C@@H]1[C@@H](CO)[C@H](C(=O)NCCc3ccccc3)[C@H]2N1C. The molecule has 4 rings (SSSR count). The van der Waals surface area contributed by atoms with E-state index >= 15 is 0 Å². The molecule has 0 unspecified atom stereocenters. The van der Waals surface area contributed by atoms with Crippen LogP contribution in [0, 0.1) is 11.8 Å². The summed E-state index contributed by atoms with van der Waals surface area (Å²) < 4.78 is 1.80. The highest BCUT2D eigenvalue weighted by atomic mass is 16.3. The van der Waals surface area contributed by atoms with Gasteiger partial charge in [-0.15, -0.1) is 0 Å². The van der Waals surface area contributed by atoms with Crippen molar-refractivity contribution in [3.8, 4) is 0 Å². The van der Waals surface area contributed by atoms with Crippen LogP contribution in [0.2, 0.25) is 0 Å². The van der Waals surface area contributed by atoms with E-state index in [1.807, 2.05) is 68.6 Å². The number of aliphatic hydroxyl groups excluding tert-OH is 1. The predicted molar refractivity (Wildman–Crippen MR) is 117 cm³/mol. The van der Waals surface area contributed by atoms with Gasteiger partial charge in [-0.05, 0) is 38.1 Å². The van der Waals surface area contributed by atoms with E-state index in [-0.39, 0.29) is 42.0 Å². The van der Waals surface area contributed by atoms with E-state index in [2.05, 4.69) is 10.2 Å². The molecule has 2 aliphatic rings. The molecular weight excluding hydrogens is 378 g/mol. The van der Waals surface area contributed by atoms with Crippen molar-refractivity contribution in [2.75, 3.05) is 20.2 Å². The number of aromatic nitrogens is 1. The van der Waals surface area contributed by atoms with Gasteiger partial charge in [0.1, 0.15) is 0 Å². The van der Waals surface area contributed by atoms with Crippen LogP contribution in [0.1, 0.15) is 29.8 Å². The number of rotatable bonds is 6. The molecule has 2 bridgehead atoms. The number of likely N-dealkylation sites (N-methyl/N-ethyl adjacent to an activating group) is 1. The van der Waals surface area contributed by atoms with Gasteiger partial charge in [-0.2, -0.15) is 0 Å². The minimum Gasteiger partial charge on any atom is -0.396 e. The van der Waals surface area contributed by atoms with Crippen LogP contribution in [-0.2, 0) is 17.8 Å². The lowest BCUT2D eigenvalue weighted by Crippen LogP contribution is -2.44. The number of hydrogen-bond acceptors (Lipinski definition) is 4. The van der Waals surface area contributed by atoms with Crippen LogP contribution in [0.25, 0.3) is 6.08 Å². The third-order valence-electron chi connectivity index (χ3n) is 6.58. The van der Waals surface area contributed by atoms with Crippen LogP contribution in [0.15, 0.2) is 53.3 Å². The number of amides is 1. The van der Waals surface area contributed by atoms with E-state index in [1.165, 1.54) is 5.56 Å². The lowest BCUT2D eigenvalue weighted by atomic mass is 9.86. The van der Waals surface area contributed by atoms with Crippen molar-refractivity contribution in [1.29, 1.82) is 0 Å². The number of aliphatic hydroxyl groups is 1. The normalized spacial score (nSPS) is 25.4. The number of hydrogen-bond donors (Lipinski definition) is 2. The molecule has 30 heavy (non-hydrogen) atoms. The summed E-state index contributed by atoms with van der Waals surface area (Å²) in [6.45, 7) is 2.85. The number of carbonyl (C=O) groups is 1. The number of benzene rings is 1. The maximum absolute atomic E-state index is 13.2. The molecule has 158 valence electrons. The van der Waals surface area contributed by atoms with Crippen molar-refractivity contribution in [1.82, 2.24) is 14.8 Å². The Balaban J connectivity index is 1.59. The van der Waals surface area contributed by atoms with Gasteiger partial charge in [0, 0.05) is 42.9 Å². The smallest absolute Gasteiger partial charge is 0.258 e. The summed E-state index contributed by atoms with van der Waals surface area (Å²) in [4.78, 5) is 28.3. The quantitative estimate of drug-likeness (QED) is 0.766. The zero-order valence-electron chi connectivity index (χ0n) is 17.5. The van der Waals surface area contributed by atoms with Gasteiger partial charge in [0.2, 0.25) is 5.91 Å². The lowest BCUT2D eigenvalue weighted by Gasteiger charge is -2.35. The number of nitrogens with one attached hydrogen (secondary N) is 1. The molecular formula is C24H29N3O3. The van der Waals surface area contributed by atoms with Crippen LogP contribution in [0.4, 0.5) is 0 Å². The Morgan fingerprint density at radius 3 is 2.70 bits per heavy atom. The van der Waals surface area contributed by atoms with Gasteiger partial charge >= 0.3 is 0 Å². The summed E-state index contributed by atoms with van der Waals surface area (Å²) in [6.07, 6.45) is 4.43. The van der Waals surface area contributed by atoms with Crippen molar-refractivity contribution in [2.24, 2.45) is 11.8 Å². The van der Waals surface area contributed by atoms with E-state index in [0.717, 1.165) is 12.1 Å². The molecule has 0 saturated carbocycles. The van der Waals surface area contributed by atoms with Gasteiger partial charge in [0.25, 0.3) is 5.56 Å². The predicted octanol–water partition coefficient (Wildman–Crippen LogP) is 1.83. The molecule has 6 nitrogen and oxygen atoms in total. The van der Waals surface area contributed by atoms with Crippen molar-refractivity contribution in [3.63, 3.8) is 0 Å². The molecule has 4 atom stereocenters. The molecule has 1 aromatic carbocycles. The minimum absolute atomic E-state index is 0.0319. The Morgan fingerprint density at radius 1 is 1.23 bits per heavy atom. The highest BCUT2D eigenvalue weighted by Crippen LogP contribution is 2.47. The Kier molecular flexibility index (Phi) is 5.88. The first kappa shape index (κ1) is 20.6. The molecule has 6 heteroatoms. The number of allylic oxidation sites excluding steroid dienone is 1. The van der Waals surface area contributed by atoms with Crippen LogP contribution in [0.3, 0.4) is 0 Å². The average Bonchev–Trinajstić information content (AvgIpc) is 2.93. The summed E-state index contributed by atoms with van der Waals surface area (Å²) in [7, 11) is 1.99. The lowest BCUT2D eigenvalue weighted by molar-refractivity contribution is -0.127. The topological polar surface area (TPSA) is 74.6 Å². The molecule has 0 radical (unpaired) electrons. The monoisotopic (exact) mass is 407 g/mol. The summed E-state index contributed by atoms with van der Waals surface area (Å²) in [5.74, 6) is -0.648. The fraction of sp³-hybridized carbons (Fsp3) is 0.417. The summed E-state index contributed by atoms with van der Waals surface area (Å²) in [5, 5.41) is 13.2. The second-order valence-electron chi connectivity index (χ2n) is 8.21. The highest BCUT2D eigenvalue weighted by molar-refractivity contribution is 5.80. The Labute approximate surface area is 176 Å². The first-order valence-corrected chi connectivity index (χ1v) is 10.6. The highest BCUT2D eigenvalue weighted by Gasteiger charge is 2.54. The van der Waals surface area contributed by atoms with Gasteiger partial charge < -0.3 is 15.0 Å². The maximum atomic E-state index is 13.2. The summed E-state index contributed by atoms with van der Waals surface area (Å²) >= 11 is 0. The van der Waals surface area contributed by atoms with E-state index in [4.69, 9.17) is 0 Å². The molecule has 0 aliphatic carbocycles. The largest absolute Gasteiger partial charge is 0.396 e. The zero-order chi connectivity index (χ0) is 21.3. The number of carbonyl (C=O) groups excluding carboxylic acids is 1. The fourth-order valence-electron chi connectivity index (χ4n) is 5.11. The zero-order valence-corrected chi connectivity index (χ0v) is 17.5. The van der Waals surface area contributed by atoms with Gasteiger partial charge in [0.15, 0.2) is 0 Å². The molecule has 1 saturated heterocycles. The number of pyridine rings is 1. The third-order valence-corrected chi connectivity index (χ3v) is 6.58. The van der Waals surface area contributed by atoms with Gasteiger partial charge in [-0.25, -0.2) is 0 Å². The van der Waals surface area contributed by atoms with Crippen molar-refractivity contribution in [3.05, 3.63) is 75.7 Å². The molecule has 2 aromatic rings. The van der Waals surface area contributed by atoms with E-state index in [1.54, 1.807) is 4.57 Å². The molecule has 1 fully saturated rings. The molecule has 0 spiro atoms. The molecule has 3 heterocycles. The third kappa shape index (κ3) is 3.50. The molecule has 2 aliphatic heterocycles. The van der Waals surface area contributed by atoms with Crippen LogP contribution in [-0.4, -0.2) is 46.7 Å². The Bertz CT molecular complexity index is 999. The fourth-order valence-corrected chi connectivity index (χ4v) is 5.11. The van der Waals surface area contributed by atoms with Crippen molar-refractivity contribution >= 4 is 12.0 Å². The van der Waals surface area contributed by atoms with Gasteiger partial charge in [-0.3, -0.25) is 14.5 Å². The van der Waals surface area contributed by atoms with E-state index < -0.39 is 0 Å². The Morgan fingerprint density at radius 2 is 2.00 bits per heavy atom. The van der Waals surface area contributed by atoms with E-state index in [0.29, 0.717) is 18.7 Å². The molecule has 1 aromatic heterocycles. The van der Waals surface area contributed by atoms with Crippen LogP contribution < -0.4 is 10.9 Å². The average molecular weight is 408 g/mol. The minimum atomic E-state index is -0.388.